The predicted molar refractivity (Wildman–Crippen MR) is 95.1 cm³/mol. The summed E-state index contributed by atoms with van der Waals surface area (Å²) in [5, 5.41) is 11.2. The van der Waals surface area contributed by atoms with Crippen molar-refractivity contribution in [3.63, 3.8) is 0 Å². The van der Waals surface area contributed by atoms with Gasteiger partial charge in [0.15, 0.2) is 5.65 Å². The van der Waals surface area contributed by atoms with Gasteiger partial charge >= 0.3 is 0 Å². The van der Waals surface area contributed by atoms with E-state index in [1.807, 2.05) is 29.2 Å². The van der Waals surface area contributed by atoms with Crippen LogP contribution < -0.4 is 5.32 Å². The molecule has 0 saturated carbocycles. The standard InChI is InChI=1S/C17H21N5OS/c1-3-21(4-2)10-14-8-18-16-15(9-20-22(16)11-14)17(23)19-7-13-5-6-24-12-13/h5-6,8-9,11-12H,3-4,7,10H2,1-2H3,(H,19,23). The fraction of sp³-hybridized carbons (Fsp3) is 0.353. The van der Waals surface area contributed by atoms with E-state index in [-0.39, 0.29) is 5.91 Å². The zero-order valence-corrected chi connectivity index (χ0v) is 14.7. The van der Waals surface area contributed by atoms with Crippen molar-refractivity contribution in [2.75, 3.05) is 13.1 Å². The van der Waals surface area contributed by atoms with Gasteiger partial charge in [0.1, 0.15) is 5.56 Å². The molecule has 1 N–H and O–H groups in total. The van der Waals surface area contributed by atoms with Crippen LogP contribution in [0.5, 0.6) is 0 Å². The van der Waals surface area contributed by atoms with Crippen molar-refractivity contribution in [3.05, 3.63) is 52.1 Å². The molecule has 1 amide bonds. The first kappa shape index (κ1) is 16.6. The van der Waals surface area contributed by atoms with Gasteiger partial charge in [-0.05, 0) is 35.5 Å². The van der Waals surface area contributed by atoms with Gasteiger partial charge in [-0.25, -0.2) is 9.50 Å². The van der Waals surface area contributed by atoms with E-state index in [4.69, 9.17) is 0 Å². The molecular formula is C17H21N5OS. The fourth-order valence-electron chi connectivity index (χ4n) is 2.53. The van der Waals surface area contributed by atoms with Gasteiger partial charge in [0.25, 0.3) is 5.91 Å². The van der Waals surface area contributed by atoms with E-state index in [1.54, 1.807) is 22.0 Å². The van der Waals surface area contributed by atoms with E-state index < -0.39 is 0 Å². The fourth-order valence-corrected chi connectivity index (χ4v) is 3.20. The minimum Gasteiger partial charge on any atom is -0.348 e. The topological polar surface area (TPSA) is 62.5 Å². The molecule has 0 radical (unpaired) electrons. The maximum atomic E-state index is 12.4. The van der Waals surface area contributed by atoms with E-state index in [0.29, 0.717) is 17.8 Å². The maximum Gasteiger partial charge on any atom is 0.257 e. The van der Waals surface area contributed by atoms with Gasteiger partial charge < -0.3 is 5.32 Å². The molecule has 0 atom stereocenters. The predicted octanol–water partition coefficient (Wildman–Crippen LogP) is 2.56. The van der Waals surface area contributed by atoms with E-state index in [2.05, 4.69) is 34.1 Å². The second-order valence-electron chi connectivity index (χ2n) is 5.56. The van der Waals surface area contributed by atoms with Crippen LogP contribution in [0.4, 0.5) is 0 Å². The highest BCUT2D eigenvalue weighted by Gasteiger charge is 2.14. The number of nitrogens with zero attached hydrogens (tertiary/aromatic N) is 4. The third kappa shape index (κ3) is 3.63. The van der Waals surface area contributed by atoms with Gasteiger partial charge in [-0.3, -0.25) is 9.69 Å². The summed E-state index contributed by atoms with van der Waals surface area (Å²) < 4.78 is 1.68. The number of hydrogen-bond donors (Lipinski definition) is 1. The molecule has 0 aromatic carbocycles. The smallest absolute Gasteiger partial charge is 0.257 e. The molecule has 0 saturated heterocycles. The van der Waals surface area contributed by atoms with E-state index >= 15 is 0 Å². The summed E-state index contributed by atoms with van der Waals surface area (Å²) in [6.45, 7) is 7.60. The number of hydrogen-bond acceptors (Lipinski definition) is 5. The van der Waals surface area contributed by atoms with Crippen LogP contribution in [-0.4, -0.2) is 38.5 Å². The van der Waals surface area contributed by atoms with Gasteiger partial charge in [0.2, 0.25) is 0 Å². The number of amides is 1. The second-order valence-corrected chi connectivity index (χ2v) is 6.34. The van der Waals surface area contributed by atoms with E-state index in [0.717, 1.165) is 30.8 Å². The number of carbonyl (C=O) groups is 1. The highest BCUT2D eigenvalue weighted by Crippen LogP contribution is 2.11. The SMILES string of the molecule is CCN(CC)Cc1cnc2c(C(=O)NCc3ccsc3)cnn2c1. The molecule has 3 rings (SSSR count). The van der Waals surface area contributed by atoms with Crippen molar-refractivity contribution < 1.29 is 4.79 Å². The van der Waals surface area contributed by atoms with Crippen molar-refractivity contribution in [1.29, 1.82) is 0 Å². The maximum absolute atomic E-state index is 12.4. The average molecular weight is 343 g/mol. The Bertz CT molecular complexity index is 808. The van der Waals surface area contributed by atoms with Crippen molar-refractivity contribution in [2.45, 2.75) is 26.9 Å². The molecule has 3 heterocycles. The largest absolute Gasteiger partial charge is 0.348 e. The van der Waals surface area contributed by atoms with Crippen LogP contribution in [0.2, 0.25) is 0 Å². The van der Waals surface area contributed by atoms with Gasteiger partial charge in [-0.15, -0.1) is 0 Å². The Morgan fingerprint density at radius 3 is 2.83 bits per heavy atom. The summed E-state index contributed by atoms with van der Waals surface area (Å²) in [6, 6.07) is 2.00. The lowest BCUT2D eigenvalue weighted by atomic mass is 10.2. The lowest BCUT2D eigenvalue weighted by Gasteiger charge is -2.17. The Labute approximate surface area is 145 Å². The number of carbonyl (C=O) groups excluding carboxylic acids is 1. The Morgan fingerprint density at radius 1 is 1.29 bits per heavy atom. The minimum atomic E-state index is -0.153. The number of nitrogens with one attached hydrogen (secondary N) is 1. The lowest BCUT2D eigenvalue weighted by Crippen LogP contribution is -2.23. The normalized spacial score (nSPS) is 11.3. The summed E-state index contributed by atoms with van der Waals surface area (Å²) >= 11 is 1.62. The minimum absolute atomic E-state index is 0.153. The summed E-state index contributed by atoms with van der Waals surface area (Å²) in [4.78, 5) is 19.1. The Hall–Kier alpha value is -2.25. The van der Waals surface area contributed by atoms with Crippen LogP contribution in [0.25, 0.3) is 5.65 Å². The first-order valence-corrected chi connectivity index (χ1v) is 8.99. The van der Waals surface area contributed by atoms with Crippen LogP contribution in [0.15, 0.2) is 35.4 Å². The van der Waals surface area contributed by atoms with Gasteiger partial charge in [0.05, 0.1) is 6.20 Å². The molecule has 0 spiro atoms. The van der Waals surface area contributed by atoms with Crippen LogP contribution >= 0.6 is 11.3 Å². The van der Waals surface area contributed by atoms with Crippen molar-refractivity contribution in [3.8, 4) is 0 Å². The molecule has 0 aliphatic carbocycles. The molecule has 0 unspecified atom stereocenters. The zero-order valence-electron chi connectivity index (χ0n) is 13.9. The molecule has 7 heteroatoms. The van der Waals surface area contributed by atoms with Gasteiger partial charge in [0, 0.05) is 31.0 Å². The number of rotatable bonds is 7. The lowest BCUT2D eigenvalue weighted by molar-refractivity contribution is 0.0952. The third-order valence-corrected chi connectivity index (χ3v) is 4.72. The van der Waals surface area contributed by atoms with Gasteiger partial charge in [-0.2, -0.15) is 16.4 Å². The molecule has 0 bridgehead atoms. The first-order valence-electron chi connectivity index (χ1n) is 8.05. The monoisotopic (exact) mass is 343 g/mol. The molecule has 0 aliphatic heterocycles. The Kier molecular flexibility index (Phi) is 5.22. The summed E-state index contributed by atoms with van der Waals surface area (Å²) in [5.41, 5.74) is 3.26. The molecule has 6 nitrogen and oxygen atoms in total. The van der Waals surface area contributed by atoms with Crippen LogP contribution in [0, 0.1) is 0 Å². The first-order chi connectivity index (χ1) is 11.7. The molecule has 3 aromatic heterocycles. The molecule has 0 fully saturated rings. The van der Waals surface area contributed by atoms with Gasteiger partial charge in [-0.1, -0.05) is 13.8 Å². The number of fused-ring (bicyclic) bond motifs is 1. The van der Waals surface area contributed by atoms with Crippen LogP contribution in [0.3, 0.4) is 0 Å². The van der Waals surface area contributed by atoms with E-state index in [1.165, 1.54) is 0 Å². The number of aromatic nitrogens is 3. The third-order valence-electron chi connectivity index (χ3n) is 3.99. The van der Waals surface area contributed by atoms with Crippen molar-refractivity contribution in [1.82, 2.24) is 24.8 Å². The summed E-state index contributed by atoms with van der Waals surface area (Å²) in [5.74, 6) is -0.153. The Morgan fingerprint density at radius 2 is 2.12 bits per heavy atom. The van der Waals surface area contributed by atoms with Crippen LogP contribution in [-0.2, 0) is 13.1 Å². The molecule has 0 aliphatic rings. The van der Waals surface area contributed by atoms with Crippen LogP contribution in [0.1, 0.15) is 35.3 Å². The molecule has 24 heavy (non-hydrogen) atoms. The second kappa shape index (κ2) is 7.55. The average Bonchev–Trinajstić information content (AvgIpc) is 3.26. The highest BCUT2D eigenvalue weighted by atomic mass is 32.1. The molecular weight excluding hydrogens is 322 g/mol. The molecule has 3 aromatic rings. The highest BCUT2D eigenvalue weighted by molar-refractivity contribution is 7.07. The summed E-state index contributed by atoms with van der Waals surface area (Å²) in [7, 11) is 0. The van der Waals surface area contributed by atoms with E-state index in [9.17, 15) is 4.79 Å². The molecule has 126 valence electrons. The van der Waals surface area contributed by atoms with Crippen molar-refractivity contribution >= 4 is 22.9 Å². The number of thiophene rings is 1. The zero-order chi connectivity index (χ0) is 16.9. The quantitative estimate of drug-likeness (QED) is 0.716. The van der Waals surface area contributed by atoms with Crippen molar-refractivity contribution in [2.24, 2.45) is 0 Å². The Balaban J connectivity index is 1.74. The summed E-state index contributed by atoms with van der Waals surface area (Å²) in [6.07, 6.45) is 5.34.